The highest BCUT2D eigenvalue weighted by atomic mass is 35.5. The molecule has 0 saturated carbocycles. The zero-order valence-electron chi connectivity index (χ0n) is 15.7. The molecule has 4 rings (SSSR count). The van der Waals surface area contributed by atoms with Crippen molar-refractivity contribution < 1.29 is 4.79 Å². The number of aromatic nitrogens is 1. The molecule has 4 nitrogen and oxygen atoms in total. The van der Waals surface area contributed by atoms with Crippen LogP contribution in [0.2, 0.25) is 5.02 Å². The van der Waals surface area contributed by atoms with Crippen molar-refractivity contribution in [3.8, 4) is 10.6 Å². The van der Waals surface area contributed by atoms with E-state index in [2.05, 4.69) is 27.4 Å². The molecule has 0 aliphatic carbocycles. The van der Waals surface area contributed by atoms with Crippen LogP contribution in [0.5, 0.6) is 0 Å². The molecule has 0 spiro atoms. The van der Waals surface area contributed by atoms with Gasteiger partial charge in [0.05, 0.1) is 15.6 Å². The molecule has 1 saturated heterocycles. The lowest BCUT2D eigenvalue weighted by molar-refractivity contribution is -0.131. The van der Waals surface area contributed by atoms with Gasteiger partial charge in [0, 0.05) is 48.2 Å². The van der Waals surface area contributed by atoms with Crippen molar-refractivity contribution in [1.29, 1.82) is 0 Å². The molecule has 3 aromatic rings. The van der Waals surface area contributed by atoms with E-state index >= 15 is 0 Å². The van der Waals surface area contributed by atoms with Crippen LogP contribution >= 0.6 is 34.3 Å². The number of thiazole rings is 1. The predicted octanol–water partition coefficient (Wildman–Crippen LogP) is 5.11. The number of anilines is 1. The molecule has 0 N–H and O–H groups in total. The molecule has 1 fully saturated rings. The highest BCUT2D eigenvalue weighted by molar-refractivity contribution is 7.15. The van der Waals surface area contributed by atoms with Gasteiger partial charge in [-0.25, -0.2) is 4.98 Å². The lowest BCUT2D eigenvalue weighted by atomic mass is 10.2. The van der Waals surface area contributed by atoms with Crippen molar-refractivity contribution in [3.05, 3.63) is 56.7 Å². The molecule has 0 bridgehead atoms. The molecular weight excluding hydrogens is 410 g/mol. The number of piperazine rings is 1. The Labute approximate surface area is 178 Å². The highest BCUT2D eigenvalue weighted by Crippen LogP contribution is 2.32. The first-order valence-electron chi connectivity index (χ1n) is 9.38. The molecule has 146 valence electrons. The second kappa shape index (κ2) is 8.64. The number of amides is 1. The predicted molar refractivity (Wildman–Crippen MR) is 119 cm³/mol. The van der Waals surface area contributed by atoms with Crippen molar-refractivity contribution in [1.82, 2.24) is 9.88 Å². The normalized spacial score (nSPS) is 14.5. The Bertz CT molecular complexity index is 946. The molecule has 1 aromatic carbocycles. The van der Waals surface area contributed by atoms with Gasteiger partial charge in [0.25, 0.3) is 0 Å². The van der Waals surface area contributed by atoms with Crippen LogP contribution in [-0.2, 0) is 11.2 Å². The number of aryl methyl sites for hydroxylation is 2. The topological polar surface area (TPSA) is 36.4 Å². The fourth-order valence-corrected chi connectivity index (χ4v) is 5.45. The van der Waals surface area contributed by atoms with E-state index in [4.69, 9.17) is 11.6 Å². The lowest BCUT2D eigenvalue weighted by Crippen LogP contribution is -2.48. The van der Waals surface area contributed by atoms with Crippen molar-refractivity contribution in [2.75, 3.05) is 31.1 Å². The van der Waals surface area contributed by atoms with E-state index in [1.54, 1.807) is 22.7 Å². The van der Waals surface area contributed by atoms with Gasteiger partial charge in [0.15, 0.2) is 0 Å². The Balaban J connectivity index is 1.33. The average molecular weight is 432 g/mol. The Morgan fingerprint density at radius 1 is 1.18 bits per heavy atom. The van der Waals surface area contributed by atoms with Gasteiger partial charge in [-0.3, -0.25) is 4.79 Å². The molecule has 7 heteroatoms. The standard InChI is InChI=1S/C21H22ClN3OS2/c1-15-23-21(18-6-3-13-27-18)19(28-15)7-8-20(26)25-11-9-24(10-12-25)17-5-2-4-16(22)14-17/h2-6,13-14H,7-12H2,1H3. The van der Waals surface area contributed by atoms with E-state index in [9.17, 15) is 4.79 Å². The average Bonchev–Trinajstić information content (AvgIpc) is 3.35. The van der Waals surface area contributed by atoms with E-state index in [1.165, 1.54) is 9.75 Å². The van der Waals surface area contributed by atoms with E-state index < -0.39 is 0 Å². The minimum absolute atomic E-state index is 0.230. The van der Waals surface area contributed by atoms with Crippen LogP contribution in [0.1, 0.15) is 16.3 Å². The van der Waals surface area contributed by atoms with Gasteiger partial charge in [-0.05, 0) is 43.0 Å². The van der Waals surface area contributed by atoms with Crippen molar-refractivity contribution >= 4 is 45.9 Å². The Kier molecular flexibility index (Phi) is 5.99. The maximum absolute atomic E-state index is 12.7. The van der Waals surface area contributed by atoms with Crippen LogP contribution in [0.25, 0.3) is 10.6 Å². The summed E-state index contributed by atoms with van der Waals surface area (Å²) in [6.45, 7) is 5.22. The van der Waals surface area contributed by atoms with Crippen LogP contribution < -0.4 is 4.90 Å². The third-order valence-electron chi connectivity index (χ3n) is 4.93. The van der Waals surface area contributed by atoms with Crippen molar-refractivity contribution in [2.45, 2.75) is 19.8 Å². The van der Waals surface area contributed by atoms with Gasteiger partial charge in [-0.15, -0.1) is 22.7 Å². The summed E-state index contributed by atoms with van der Waals surface area (Å²) in [5.74, 6) is 0.230. The van der Waals surface area contributed by atoms with E-state index in [0.29, 0.717) is 6.42 Å². The van der Waals surface area contributed by atoms with Crippen LogP contribution in [-0.4, -0.2) is 42.0 Å². The Morgan fingerprint density at radius 3 is 2.71 bits per heavy atom. The number of carbonyl (C=O) groups excluding carboxylic acids is 1. The van der Waals surface area contributed by atoms with Crippen molar-refractivity contribution in [2.24, 2.45) is 0 Å². The summed E-state index contributed by atoms with van der Waals surface area (Å²) in [6.07, 6.45) is 1.29. The van der Waals surface area contributed by atoms with E-state index in [0.717, 1.165) is 54.0 Å². The van der Waals surface area contributed by atoms with Gasteiger partial charge < -0.3 is 9.80 Å². The van der Waals surface area contributed by atoms with Gasteiger partial charge in [0.2, 0.25) is 5.91 Å². The summed E-state index contributed by atoms with van der Waals surface area (Å²) in [6, 6.07) is 12.1. The number of carbonyl (C=O) groups is 1. The molecule has 1 amide bonds. The fourth-order valence-electron chi connectivity index (χ4n) is 3.51. The fraction of sp³-hybridized carbons (Fsp3) is 0.333. The first-order valence-corrected chi connectivity index (χ1v) is 11.5. The first kappa shape index (κ1) is 19.4. The summed E-state index contributed by atoms with van der Waals surface area (Å²) in [7, 11) is 0. The van der Waals surface area contributed by atoms with Crippen LogP contribution in [0.4, 0.5) is 5.69 Å². The third-order valence-corrected chi connectivity index (χ3v) is 7.07. The molecule has 0 atom stereocenters. The van der Waals surface area contributed by atoms with E-state index in [1.807, 2.05) is 36.1 Å². The first-order chi connectivity index (χ1) is 13.6. The number of benzene rings is 1. The molecule has 3 heterocycles. The van der Waals surface area contributed by atoms with Crippen LogP contribution in [0.3, 0.4) is 0 Å². The molecule has 28 heavy (non-hydrogen) atoms. The number of hydrogen-bond donors (Lipinski definition) is 0. The summed E-state index contributed by atoms with van der Waals surface area (Å²) in [4.78, 5) is 24.1. The minimum atomic E-state index is 0.230. The zero-order valence-corrected chi connectivity index (χ0v) is 18.1. The van der Waals surface area contributed by atoms with Gasteiger partial charge >= 0.3 is 0 Å². The summed E-state index contributed by atoms with van der Waals surface area (Å²) >= 11 is 9.50. The summed E-state index contributed by atoms with van der Waals surface area (Å²) in [5, 5.41) is 3.87. The van der Waals surface area contributed by atoms with Gasteiger partial charge in [-0.2, -0.15) is 0 Å². The highest BCUT2D eigenvalue weighted by Gasteiger charge is 2.22. The molecule has 1 aliphatic heterocycles. The second-order valence-electron chi connectivity index (χ2n) is 6.83. The molecule has 0 unspecified atom stereocenters. The SMILES string of the molecule is Cc1nc(-c2cccs2)c(CCC(=O)N2CCN(c3cccc(Cl)c3)CC2)s1. The van der Waals surface area contributed by atoms with Gasteiger partial charge in [0.1, 0.15) is 0 Å². The lowest BCUT2D eigenvalue weighted by Gasteiger charge is -2.36. The summed E-state index contributed by atoms with van der Waals surface area (Å²) < 4.78 is 0. The number of nitrogens with zero attached hydrogens (tertiary/aromatic N) is 3. The van der Waals surface area contributed by atoms with Crippen LogP contribution in [0, 0.1) is 6.92 Å². The largest absolute Gasteiger partial charge is 0.368 e. The van der Waals surface area contributed by atoms with Gasteiger partial charge in [-0.1, -0.05) is 23.7 Å². The molecule has 0 radical (unpaired) electrons. The Hall–Kier alpha value is -1.89. The summed E-state index contributed by atoms with van der Waals surface area (Å²) in [5.41, 5.74) is 2.18. The maximum atomic E-state index is 12.7. The zero-order chi connectivity index (χ0) is 19.5. The molecular formula is C21H22ClN3OS2. The monoisotopic (exact) mass is 431 g/mol. The third kappa shape index (κ3) is 4.40. The second-order valence-corrected chi connectivity index (χ2v) is 9.50. The smallest absolute Gasteiger partial charge is 0.223 e. The minimum Gasteiger partial charge on any atom is -0.368 e. The van der Waals surface area contributed by atoms with Crippen molar-refractivity contribution in [3.63, 3.8) is 0 Å². The maximum Gasteiger partial charge on any atom is 0.223 e. The number of rotatable bonds is 5. The van der Waals surface area contributed by atoms with E-state index in [-0.39, 0.29) is 5.91 Å². The molecule has 1 aliphatic rings. The number of hydrogen-bond acceptors (Lipinski definition) is 5. The number of thiophene rings is 1. The molecule has 2 aromatic heterocycles. The quantitative estimate of drug-likeness (QED) is 0.562. The number of halogens is 1. The Morgan fingerprint density at radius 2 is 2.00 bits per heavy atom. The van der Waals surface area contributed by atoms with Crippen LogP contribution in [0.15, 0.2) is 41.8 Å².